The fourth-order valence-corrected chi connectivity index (χ4v) is 2.37. The average molecular weight is 340 g/mol. The lowest BCUT2D eigenvalue weighted by Crippen LogP contribution is -2.38. The van der Waals surface area contributed by atoms with E-state index in [1.807, 2.05) is 24.3 Å². The monoisotopic (exact) mass is 340 g/mol. The molecule has 1 aromatic carbocycles. The van der Waals surface area contributed by atoms with Gasteiger partial charge < -0.3 is 20.4 Å². The van der Waals surface area contributed by atoms with E-state index in [4.69, 9.17) is 4.42 Å². The number of aliphatic imine (C=N–C) groups is 1. The molecule has 132 valence electrons. The topological polar surface area (TPSA) is 78.7 Å². The van der Waals surface area contributed by atoms with E-state index in [0.29, 0.717) is 12.3 Å². The van der Waals surface area contributed by atoms with Crippen LogP contribution in [0.4, 0.5) is 5.69 Å². The SMILES string of the molecule is CCNC(=NCc1ccc(NC(=O)c2ccco2)cc1)NCC1CC1. The first kappa shape index (κ1) is 17.1. The van der Waals surface area contributed by atoms with E-state index in [1.54, 1.807) is 12.1 Å². The van der Waals surface area contributed by atoms with Crippen LogP contribution in [-0.4, -0.2) is 25.0 Å². The van der Waals surface area contributed by atoms with Crippen molar-refractivity contribution in [1.29, 1.82) is 0 Å². The lowest BCUT2D eigenvalue weighted by atomic mass is 10.2. The van der Waals surface area contributed by atoms with Gasteiger partial charge in [-0.2, -0.15) is 0 Å². The molecule has 25 heavy (non-hydrogen) atoms. The van der Waals surface area contributed by atoms with Crippen molar-refractivity contribution in [2.24, 2.45) is 10.9 Å². The highest BCUT2D eigenvalue weighted by atomic mass is 16.3. The molecule has 1 aliphatic rings. The van der Waals surface area contributed by atoms with Gasteiger partial charge in [0.2, 0.25) is 0 Å². The van der Waals surface area contributed by atoms with Crippen LogP contribution in [0, 0.1) is 5.92 Å². The molecule has 0 radical (unpaired) electrons. The number of nitrogens with zero attached hydrogens (tertiary/aromatic N) is 1. The fourth-order valence-electron chi connectivity index (χ4n) is 2.37. The number of nitrogens with one attached hydrogen (secondary N) is 3. The van der Waals surface area contributed by atoms with Crippen LogP contribution in [0.15, 0.2) is 52.1 Å². The van der Waals surface area contributed by atoms with Gasteiger partial charge in [0.25, 0.3) is 5.91 Å². The summed E-state index contributed by atoms with van der Waals surface area (Å²) in [6.07, 6.45) is 4.12. The smallest absolute Gasteiger partial charge is 0.291 e. The summed E-state index contributed by atoms with van der Waals surface area (Å²) in [6.45, 7) is 4.48. The first-order valence-electron chi connectivity index (χ1n) is 8.70. The highest BCUT2D eigenvalue weighted by Gasteiger charge is 2.21. The van der Waals surface area contributed by atoms with E-state index in [0.717, 1.165) is 36.2 Å². The van der Waals surface area contributed by atoms with Gasteiger partial charge in [-0.1, -0.05) is 12.1 Å². The van der Waals surface area contributed by atoms with Crippen molar-refractivity contribution in [3.8, 4) is 0 Å². The molecule has 0 aliphatic heterocycles. The minimum Gasteiger partial charge on any atom is -0.459 e. The second-order valence-electron chi connectivity index (χ2n) is 6.15. The van der Waals surface area contributed by atoms with Gasteiger partial charge in [0.05, 0.1) is 12.8 Å². The lowest BCUT2D eigenvalue weighted by molar-refractivity contribution is 0.0996. The number of carbonyl (C=O) groups excluding carboxylic acids is 1. The standard InChI is InChI=1S/C19H24N4O2/c1-2-20-19(21-12-14-5-6-14)22-13-15-7-9-16(10-8-15)23-18(24)17-4-3-11-25-17/h3-4,7-11,14H,2,5-6,12-13H2,1H3,(H,23,24)(H2,20,21,22). The van der Waals surface area contributed by atoms with Gasteiger partial charge in [-0.05, 0) is 55.5 Å². The van der Waals surface area contributed by atoms with E-state index in [9.17, 15) is 4.79 Å². The number of amides is 1. The van der Waals surface area contributed by atoms with E-state index in [1.165, 1.54) is 19.1 Å². The van der Waals surface area contributed by atoms with Crippen molar-refractivity contribution in [1.82, 2.24) is 10.6 Å². The summed E-state index contributed by atoms with van der Waals surface area (Å²) >= 11 is 0. The highest BCUT2D eigenvalue weighted by molar-refractivity contribution is 6.02. The number of guanidine groups is 1. The Hall–Kier alpha value is -2.76. The summed E-state index contributed by atoms with van der Waals surface area (Å²) in [4.78, 5) is 16.5. The third-order valence-corrected chi connectivity index (χ3v) is 3.98. The minimum atomic E-state index is -0.255. The Bertz CT molecular complexity index is 704. The van der Waals surface area contributed by atoms with Crippen LogP contribution in [0.25, 0.3) is 0 Å². The molecule has 3 N–H and O–H groups in total. The molecule has 1 aliphatic carbocycles. The Morgan fingerprint density at radius 3 is 2.64 bits per heavy atom. The largest absolute Gasteiger partial charge is 0.459 e. The number of furan rings is 1. The molecule has 3 rings (SSSR count). The summed E-state index contributed by atoms with van der Waals surface area (Å²) in [5.41, 5.74) is 1.81. The first-order chi connectivity index (χ1) is 12.2. The number of hydrogen-bond acceptors (Lipinski definition) is 3. The van der Waals surface area contributed by atoms with Crippen LogP contribution < -0.4 is 16.0 Å². The third-order valence-electron chi connectivity index (χ3n) is 3.98. The molecule has 0 unspecified atom stereocenters. The maximum atomic E-state index is 11.9. The molecule has 1 saturated carbocycles. The molecule has 1 aromatic heterocycles. The Labute approximate surface area is 147 Å². The van der Waals surface area contributed by atoms with Gasteiger partial charge >= 0.3 is 0 Å². The summed E-state index contributed by atoms with van der Waals surface area (Å²) in [5, 5.41) is 9.44. The van der Waals surface area contributed by atoms with Crippen LogP contribution in [0.3, 0.4) is 0 Å². The molecule has 6 nitrogen and oxygen atoms in total. The number of hydrogen-bond donors (Lipinski definition) is 3. The van der Waals surface area contributed by atoms with Crippen molar-refractivity contribution in [2.75, 3.05) is 18.4 Å². The highest BCUT2D eigenvalue weighted by Crippen LogP contribution is 2.27. The molecule has 1 heterocycles. The second-order valence-corrected chi connectivity index (χ2v) is 6.15. The Morgan fingerprint density at radius 1 is 1.20 bits per heavy atom. The lowest BCUT2D eigenvalue weighted by Gasteiger charge is -2.11. The van der Waals surface area contributed by atoms with Crippen LogP contribution >= 0.6 is 0 Å². The molecular formula is C19H24N4O2. The van der Waals surface area contributed by atoms with Crippen molar-refractivity contribution in [3.05, 3.63) is 54.0 Å². The maximum Gasteiger partial charge on any atom is 0.291 e. The zero-order chi connectivity index (χ0) is 17.5. The second kappa shape index (κ2) is 8.37. The van der Waals surface area contributed by atoms with Gasteiger partial charge in [-0.15, -0.1) is 0 Å². The summed E-state index contributed by atoms with van der Waals surface area (Å²) < 4.78 is 5.08. The minimum absolute atomic E-state index is 0.255. The number of rotatable bonds is 7. The first-order valence-corrected chi connectivity index (χ1v) is 8.70. The predicted molar refractivity (Wildman–Crippen MR) is 98.6 cm³/mol. The van der Waals surface area contributed by atoms with Gasteiger partial charge in [0, 0.05) is 18.8 Å². The van der Waals surface area contributed by atoms with Gasteiger partial charge in [-0.25, -0.2) is 4.99 Å². The summed E-state index contributed by atoms with van der Waals surface area (Å²) in [7, 11) is 0. The van der Waals surface area contributed by atoms with E-state index in [2.05, 4.69) is 27.9 Å². The molecular weight excluding hydrogens is 316 g/mol. The maximum absolute atomic E-state index is 11.9. The Balaban J connectivity index is 1.53. The van der Waals surface area contributed by atoms with Crippen LogP contribution in [0.5, 0.6) is 0 Å². The number of carbonyl (C=O) groups is 1. The van der Waals surface area contributed by atoms with Gasteiger partial charge in [-0.3, -0.25) is 4.79 Å². The van der Waals surface area contributed by atoms with Crippen molar-refractivity contribution < 1.29 is 9.21 Å². The van der Waals surface area contributed by atoms with Crippen molar-refractivity contribution in [3.63, 3.8) is 0 Å². The molecule has 1 fully saturated rings. The zero-order valence-electron chi connectivity index (χ0n) is 14.4. The normalized spacial score (nSPS) is 14.2. The predicted octanol–water partition coefficient (Wildman–Crippen LogP) is 3.00. The van der Waals surface area contributed by atoms with Gasteiger partial charge in [0.15, 0.2) is 11.7 Å². The Kier molecular flexibility index (Phi) is 5.72. The van der Waals surface area contributed by atoms with Crippen molar-refractivity contribution in [2.45, 2.75) is 26.3 Å². The Morgan fingerprint density at radius 2 is 2.00 bits per heavy atom. The third kappa shape index (κ3) is 5.38. The summed E-state index contributed by atoms with van der Waals surface area (Å²) in [6, 6.07) is 11.0. The molecule has 0 spiro atoms. The quantitative estimate of drug-likeness (QED) is 0.535. The van der Waals surface area contributed by atoms with Crippen molar-refractivity contribution >= 4 is 17.6 Å². The number of anilines is 1. The van der Waals surface area contributed by atoms with Gasteiger partial charge in [0.1, 0.15) is 0 Å². The zero-order valence-corrected chi connectivity index (χ0v) is 14.4. The summed E-state index contributed by atoms with van der Waals surface area (Å²) in [5.74, 6) is 1.70. The van der Waals surface area contributed by atoms with E-state index < -0.39 is 0 Å². The molecule has 0 bridgehead atoms. The fraction of sp³-hybridized carbons (Fsp3) is 0.368. The number of benzene rings is 1. The van der Waals surface area contributed by atoms with E-state index >= 15 is 0 Å². The van der Waals surface area contributed by atoms with Crippen LogP contribution in [-0.2, 0) is 6.54 Å². The molecule has 2 aromatic rings. The van der Waals surface area contributed by atoms with E-state index in [-0.39, 0.29) is 5.91 Å². The average Bonchev–Trinajstić information content (AvgIpc) is 3.29. The van der Waals surface area contributed by atoms with Crippen LogP contribution in [0.1, 0.15) is 35.9 Å². The van der Waals surface area contributed by atoms with Crippen LogP contribution in [0.2, 0.25) is 0 Å². The molecule has 6 heteroatoms. The molecule has 1 amide bonds. The molecule has 0 atom stereocenters. The molecule has 0 saturated heterocycles.